The molecule has 1 aliphatic heterocycles. The lowest BCUT2D eigenvalue weighted by Crippen LogP contribution is -2.66. The highest BCUT2D eigenvalue weighted by molar-refractivity contribution is 5.85. The zero-order valence-corrected chi connectivity index (χ0v) is 29.8. The summed E-state index contributed by atoms with van der Waals surface area (Å²) in [5.74, 6) is 3.83. The summed E-state index contributed by atoms with van der Waals surface area (Å²) >= 11 is 0. The molecule has 0 radical (unpaired) electrons. The van der Waals surface area contributed by atoms with Gasteiger partial charge in [-0.3, -0.25) is 9.59 Å². The molecule has 2 heterocycles. The molecule has 0 unspecified atom stereocenters. The molecule has 0 spiro atoms. The Labute approximate surface area is 285 Å². The van der Waals surface area contributed by atoms with E-state index >= 15 is 0 Å². The van der Waals surface area contributed by atoms with E-state index < -0.39 is 5.41 Å². The van der Waals surface area contributed by atoms with Crippen molar-refractivity contribution in [2.45, 2.75) is 112 Å². The average molecular weight is 656 g/mol. The number of hydrogen-bond acceptors (Lipinski definition) is 7. The standard InChI is InChI=1S/C40H53N3O5/c1-24(2)27-12-17-40(35(45)46-22-25-21-43(42-41-25)26-8-10-29-30(20-26)48-23-47-29)19-18-38(6)28(34(27)40)9-11-32-37(5)15-14-33(44)36(3,4)31(37)13-16-39(32,38)7/h8,10,20-21,27-28,31-32,34H,1,9,11-19,22-23H2,2-7H3/t27-,28+,31-,32+,34+,37-,38+,39+,40-/m0/s1. The van der Waals surface area contributed by atoms with Crippen molar-refractivity contribution in [3.8, 4) is 17.2 Å². The third kappa shape index (κ3) is 4.25. The number of allylic oxidation sites excluding steroid dienone is 1. The van der Waals surface area contributed by atoms with Gasteiger partial charge in [-0.15, -0.1) is 5.10 Å². The van der Waals surface area contributed by atoms with Crippen LogP contribution in [0.25, 0.3) is 5.69 Å². The molecule has 8 nitrogen and oxygen atoms in total. The van der Waals surface area contributed by atoms with Crippen molar-refractivity contribution in [1.29, 1.82) is 0 Å². The van der Waals surface area contributed by atoms with Crippen LogP contribution in [0, 0.1) is 56.7 Å². The van der Waals surface area contributed by atoms with Gasteiger partial charge in [0.2, 0.25) is 6.79 Å². The molecule has 5 saturated carbocycles. The number of ether oxygens (including phenoxy) is 3. The Morgan fingerprint density at radius 1 is 0.958 bits per heavy atom. The van der Waals surface area contributed by atoms with E-state index in [1.165, 1.54) is 18.4 Å². The molecular weight excluding hydrogens is 602 g/mol. The zero-order chi connectivity index (χ0) is 33.9. The number of hydrogen-bond donors (Lipinski definition) is 0. The van der Waals surface area contributed by atoms with Crippen LogP contribution >= 0.6 is 0 Å². The van der Waals surface area contributed by atoms with Gasteiger partial charge in [0.15, 0.2) is 11.5 Å². The Balaban J connectivity index is 1.05. The number of fused-ring (bicyclic) bond motifs is 8. The summed E-state index contributed by atoms with van der Waals surface area (Å²) in [5, 5.41) is 8.65. The fraction of sp³-hybridized carbons (Fsp3) is 0.700. The molecule has 0 saturated heterocycles. The van der Waals surface area contributed by atoms with Crippen molar-refractivity contribution in [2.75, 3.05) is 6.79 Å². The van der Waals surface area contributed by atoms with Crippen LogP contribution in [0.1, 0.15) is 111 Å². The van der Waals surface area contributed by atoms with Crippen molar-refractivity contribution in [2.24, 2.45) is 56.7 Å². The van der Waals surface area contributed by atoms with Gasteiger partial charge >= 0.3 is 5.97 Å². The van der Waals surface area contributed by atoms with E-state index in [9.17, 15) is 9.59 Å². The molecule has 8 heteroatoms. The van der Waals surface area contributed by atoms with Crippen molar-refractivity contribution < 1.29 is 23.8 Å². The Morgan fingerprint density at radius 2 is 1.75 bits per heavy atom. The second-order valence-electron chi connectivity index (χ2n) is 17.8. The quantitative estimate of drug-likeness (QED) is 0.237. The van der Waals surface area contributed by atoms with Crippen molar-refractivity contribution in [3.63, 3.8) is 0 Å². The molecule has 2 aromatic rings. The molecule has 0 amide bonds. The molecule has 1 aromatic carbocycles. The van der Waals surface area contributed by atoms with Crippen LogP contribution in [0.15, 0.2) is 36.5 Å². The molecule has 48 heavy (non-hydrogen) atoms. The number of nitrogens with zero attached hydrogens (tertiary/aromatic N) is 3. The summed E-state index contributed by atoms with van der Waals surface area (Å²) in [6, 6.07) is 5.65. The van der Waals surface area contributed by atoms with Crippen molar-refractivity contribution in [3.05, 3.63) is 42.2 Å². The molecule has 6 aliphatic rings. The number of rotatable bonds is 5. The first kappa shape index (κ1) is 32.1. The van der Waals surface area contributed by atoms with Gasteiger partial charge in [0.25, 0.3) is 0 Å². The number of Topliss-reactive ketones (excluding diaryl/α,β-unsaturated/α-hetero) is 1. The lowest BCUT2D eigenvalue weighted by Gasteiger charge is -2.72. The van der Waals surface area contributed by atoms with E-state index in [0.29, 0.717) is 53.1 Å². The SMILES string of the molecule is C=C(C)[C@@H]1CC[C@]2(C(=O)OCc3cn(-c4ccc5c(c4)OCO5)nn3)CC[C@]3(C)[C@H](CC[C@@H]4[C@@]5(C)CCC(=O)C(C)(C)[C@@H]5CC[C@]43C)[C@@H]12. The second-order valence-corrected chi connectivity index (χ2v) is 17.8. The molecule has 258 valence electrons. The highest BCUT2D eigenvalue weighted by Crippen LogP contribution is 2.77. The van der Waals surface area contributed by atoms with Gasteiger partial charge in [0.05, 0.1) is 17.3 Å². The maximum Gasteiger partial charge on any atom is 0.312 e. The Bertz CT molecular complexity index is 1680. The van der Waals surface area contributed by atoms with Gasteiger partial charge in [-0.05, 0) is 123 Å². The first-order valence-electron chi connectivity index (χ1n) is 18.4. The first-order valence-corrected chi connectivity index (χ1v) is 18.4. The number of ketones is 1. The van der Waals surface area contributed by atoms with Crippen LogP contribution in [0.2, 0.25) is 0 Å². The van der Waals surface area contributed by atoms with Crippen LogP contribution in [0.3, 0.4) is 0 Å². The normalized spacial score (nSPS) is 40.7. The van der Waals surface area contributed by atoms with Crippen LogP contribution in [-0.4, -0.2) is 33.5 Å². The predicted molar refractivity (Wildman–Crippen MR) is 181 cm³/mol. The minimum absolute atomic E-state index is 0.0635. The molecule has 5 fully saturated rings. The summed E-state index contributed by atoms with van der Waals surface area (Å²) in [5.41, 5.74) is 2.36. The molecule has 1 aromatic heterocycles. The third-order valence-electron chi connectivity index (χ3n) is 15.7. The Morgan fingerprint density at radius 3 is 2.54 bits per heavy atom. The molecule has 9 atom stereocenters. The number of benzene rings is 1. The van der Waals surface area contributed by atoms with Crippen LogP contribution < -0.4 is 9.47 Å². The summed E-state index contributed by atoms with van der Waals surface area (Å²) in [6.45, 7) is 19.2. The fourth-order valence-corrected chi connectivity index (χ4v) is 13.1. The highest BCUT2D eigenvalue weighted by Gasteiger charge is 2.72. The van der Waals surface area contributed by atoms with Crippen LogP contribution in [0.5, 0.6) is 11.5 Å². The van der Waals surface area contributed by atoms with E-state index in [0.717, 1.165) is 50.6 Å². The first-order chi connectivity index (χ1) is 22.7. The smallest absolute Gasteiger partial charge is 0.312 e. The Hall–Kier alpha value is -3.16. The summed E-state index contributed by atoms with van der Waals surface area (Å²) in [6.07, 6.45) is 11.9. The molecule has 0 N–H and O–H groups in total. The minimum Gasteiger partial charge on any atom is -0.459 e. The highest BCUT2D eigenvalue weighted by atomic mass is 16.7. The van der Waals surface area contributed by atoms with Crippen LogP contribution in [0.4, 0.5) is 0 Å². The predicted octanol–water partition coefficient (Wildman–Crippen LogP) is 8.27. The number of carbonyl (C=O) groups is 2. The average Bonchev–Trinajstić information content (AvgIpc) is 3.81. The second kappa shape index (κ2) is 10.7. The summed E-state index contributed by atoms with van der Waals surface area (Å²) < 4.78 is 18.9. The Kier molecular flexibility index (Phi) is 7.13. The largest absolute Gasteiger partial charge is 0.459 e. The summed E-state index contributed by atoms with van der Waals surface area (Å²) in [4.78, 5) is 27.6. The fourth-order valence-electron chi connectivity index (χ4n) is 13.1. The topological polar surface area (TPSA) is 92.5 Å². The van der Waals surface area contributed by atoms with Gasteiger partial charge in [-0.2, -0.15) is 0 Å². The van der Waals surface area contributed by atoms with Crippen LogP contribution in [-0.2, 0) is 20.9 Å². The minimum atomic E-state index is -0.495. The molecule has 0 bridgehead atoms. The van der Waals surface area contributed by atoms with Crippen molar-refractivity contribution in [1.82, 2.24) is 15.0 Å². The monoisotopic (exact) mass is 655 g/mol. The lowest BCUT2D eigenvalue weighted by atomic mass is 9.32. The third-order valence-corrected chi connectivity index (χ3v) is 15.7. The number of esters is 1. The van der Waals surface area contributed by atoms with Gasteiger partial charge in [-0.25, -0.2) is 4.68 Å². The van der Waals surface area contributed by atoms with Gasteiger partial charge in [-0.1, -0.05) is 52.0 Å². The number of carbonyl (C=O) groups excluding carboxylic acids is 2. The van der Waals surface area contributed by atoms with E-state index in [1.54, 1.807) is 4.68 Å². The summed E-state index contributed by atoms with van der Waals surface area (Å²) in [7, 11) is 0. The van der Waals surface area contributed by atoms with Gasteiger partial charge in [0.1, 0.15) is 18.1 Å². The van der Waals surface area contributed by atoms with Gasteiger partial charge in [0, 0.05) is 17.9 Å². The van der Waals surface area contributed by atoms with E-state index in [4.69, 9.17) is 14.2 Å². The van der Waals surface area contributed by atoms with E-state index in [-0.39, 0.29) is 46.9 Å². The lowest BCUT2D eigenvalue weighted by molar-refractivity contribution is -0.236. The van der Waals surface area contributed by atoms with Gasteiger partial charge < -0.3 is 14.2 Å². The van der Waals surface area contributed by atoms with Crippen molar-refractivity contribution >= 4 is 11.8 Å². The maximum atomic E-state index is 14.5. The van der Waals surface area contributed by atoms with E-state index in [1.807, 2.05) is 24.4 Å². The molecule has 5 aliphatic carbocycles. The number of aromatic nitrogens is 3. The maximum absolute atomic E-state index is 14.5. The van der Waals surface area contributed by atoms with E-state index in [2.05, 4.69) is 58.4 Å². The zero-order valence-electron chi connectivity index (χ0n) is 29.8. The molecule has 8 rings (SSSR count). The molecular formula is C40H53N3O5.